The summed E-state index contributed by atoms with van der Waals surface area (Å²) in [5.74, 6) is 1.78. The van der Waals surface area contributed by atoms with E-state index in [1.54, 1.807) is 18.4 Å². The Balaban J connectivity index is 0.000000963. The van der Waals surface area contributed by atoms with Crippen LogP contribution in [0.25, 0.3) is 0 Å². The number of hydrogen-bond donors (Lipinski definition) is 1. The fourth-order valence-electron chi connectivity index (χ4n) is 2.58. The van der Waals surface area contributed by atoms with Crippen molar-refractivity contribution >= 4 is 18.3 Å². The summed E-state index contributed by atoms with van der Waals surface area (Å²) in [7, 11) is 0. The van der Waals surface area contributed by atoms with Gasteiger partial charge in [-0.05, 0) is 24.0 Å². The molecule has 0 aliphatic carbocycles. The van der Waals surface area contributed by atoms with E-state index in [4.69, 9.17) is 4.42 Å². The van der Waals surface area contributed by atoms with Crippen molar-refractivity contribution in [3.63, 3.8) is 0 Å². The maximum atomic E-state index is 12.0. The molecule has 0 radical (unpaired) electrons. The molecule has 1 aromatic heterocycles. The predicted octanol–water partition coefficient (Wildman–Crippen LogP) is 0.993. The summed E-state index contributed by atoms with van der Waals surface area (Å²) in [5.41, 5.74) is 0. The van der Waals surface area contributed by atoms with E-state index in [1.165, 1.54) is 0 Å². The summed E-state index contributed by atoms with van der Waals surface area (Å²) in [6, 6.07) is 3.49. The standard InChI is InChI=1S/C11H14N2O2.ClH/c14-11(10-2-1-3-15-10)13-6-8-4-12-5-9(8)7-13;/h1-3,8-9,12H,4-7H2;1H/t8-,9+;. The number of hydrogen-bond acceptors (Lipinski definition) is 3. The van der Waals surface area contributed by atoms with Gasteiger partial charge in [0.2, 0.25) is 0 Å². The summed E-state index contributed by atoms with van der Waals surface area (Å²) in [5, 5.41) is 3.36. The van der Waals surface area contributed by atoms with Gasteiger partial charge >= 0.3 is 0 Å². The lowest BCUT2D eigenvalue weighted by Crippen LogP contribution is -2.31. The molecule has 0 saturated carbocycles. The third kappa shape index (κ3) is 1.83. The molecule has 88 valence electrons. The van der Waals surface area contributed by atoms with E-state index in [-0.39, 0.29) is 18.3 Å². The number of likely N-dealkylation sites (tertiary alicyclic amines) is 1. The lowest BCUT2D eigenvalue weighted by molar-refractivity contribution is 0.0750. The summed E-state index contributed by atoms with van der Waals surface area (Å²) in [6.45, 7) is 3.84. The normalized spacial score (nSPS) is 27.6. The summed E-state index contributed by atoms with van der Waals surface area (Å²) in [4.78, 5) is 13.9. The second-order valence-electron chi connectivity index (χ2n) is 4.37. The van der Waals surface area contributed by atoms with Crippen molar-refractivity contribution in [3.05, 3.63) is 24.2 Å². The average molecular weight is 243 g/mol. The van der Waals surface area contributed by atoms with Gasteiger partial charge in [0.15, 0.2) is 5.76 Å². The van der Waals surface area contributed by atoms with E-state index < -0.39 is 0 Å². The number of furan rings is 1. The predicted molar refractivity (Wildman–Crippen MR) is 61.7 cm³/mol. The first-order chi connectivity index (χ1) is 7.34. The zero-order valence-corrected chi connectivity index (χ0v) is 9.70. The van der Waals surface area contributed by atoms with Gasteiger partial charge in [0.05, 0.1) is 6.26 Å². The van der Waals surface area contributed by atoms with Crippen LogP contribution < -0.4 is 5.32 Å². The SMILES string of the molecule is Cl.O=C(c1ccco1)N1C[C@H]2CNC[C@H]2C1. The number of halogens is 1. The van der Waals surface area contributed by atoms with Crippen LogP contribution >= 0.6 is 12.4 Å². The summed E-state index contributed by atoms with van der Waals surface area (Å²) >= 11 is 0. The highest BCUT2D eigenvalue weighted by atomic mass is 35.5. The van der Waals surface area contributed by atoms with Crippen LogP contribution in [0, 0.1) is 11.8 Å². The van der Waals surface area contributed by atoms with Crippen molar-refractivity contribution < 1.29 is 9.21 Å². The number of nitrogens with zero attached hydrogens (tertiary/aromatic N) is 1. The Hall–Kier alpha value is -1.00. The Labute approximate surface area is 100 Å². The largest absolute Gasteiger partial charge is 0.459 e. The van der Waals surface area contributed by atoms with Crippen LogP contribution in [-0.4, -0.2) is 37.0 Å². The topological polar surface area (TPSA) is 45.5 Å². The molecular formula is C11H15ClN2O2. The molecule has 1 amide bonds. The molecule has 2 atom stereocenters. The van der Waals surface area contributed by atoms with Gasteiger partial charge in [0, 0.05) is 26.2 Å². The zero-order valence-electron chi connectivity index (χ0n) is 8.89. The molecule has 1 aromatic rings. The Morgan fingerprint density at radius 1 is 1.38 bits per heavy atom. The van der Waals surface area contributed by atoms with Gasteiger partial charge in [0.1, 0.15) is 0 Å². The molecule has 16 heavy (non-hydrogen) atoms. The van der Waals surface area contributed by atoms with Gasteiger partial charge < -0.3 is 14.6 Å². The van der Waals surface area contributed by atoms with Crippen molar-refractivity contribution in [1.29, 1.82) is 0 Å². The number of carbonyl (C=O) groups is 1. The summed E-state index contributed by atoms with van der Waals surface area (Å²) in [6.07, 6.45) is 1.55. The highest BCUT2D eigenvalue weighted by molar-refractivity contribution is 5.91. The Morgan fingerprint density at radius 3 is 2.62 bits per heavy atom. The smallest absolute Gasteiger partial charge is 0.289 e. The van der Waals surface area contributed by atoms with Crippen LogP contribution in [0.5, 0.6) is 0 Å². The number of amides is 1. The minimum Gasteiger partial charge on any atom is -0.459 e. The van der Waals surface area contributed by atoms with E-state index in [0.29, 0.717) is 17.6 Å². The van der Waals surface area contributed by atoms with E-state index in [2.05, 4.69) is 5.32 Å². The maximum Gasteiger partial charge on any atom is 0.289 e. The van der Waals surface area contributed by atoms with Crippen molar-refractivity contribution in [1.82, 2.24) is 10.2 Å². The number of rotatable bonds is 1. The van der Waals surface area contributed by atoms with Crippen LogP contribution in [0.2, 0.25) is 0 Å². The lowest BCUT2D eigenvalue weighted by atomic mass is 10.0. The summed E-state index contributed by atoms with van der Waals surface area (Å²) < 4.78 is 5.12. The van der Waals surface area contributed by atoms with Gasteiger partial charge in [-0.3, -0.25) is 4.79 Å². The minimum atomic E-state index is 0. The monoisotopic (exact) mass is 242 g/mol. The third-order valence-electron chi connectivity index (χ3n) is 3.41. The number of carbonyl (C=O) groups excluding carboxylic acids is 1. The highest BCUT2D eigenvalue weighted by Crippen LogP contribution is 2.27. The van der Waals surface area contributed by atoms with Crippen LogP contribution in [0.15, 0.2) is 22.8 Å². The molecule has 2 saturated heterocycles. The van der Waals surface area contributed by atoms with Crippen LogP contribution in [-0.2, 0) is 0 Å². The fourth-order valence-corrected chi connectivity index (χ4v) is 2.58. The van der Waals surface area contributed by atoms with E-state index >= 15 is 0 Å². The van der Waals surface area contributed by atoms with E-state index in [9.17, 15) is 4.79 Å². The van der Waals surface area contributed by atoms with Crippen LogP contribution in [0.3, 0.4) is 0 Å². The number of fused-ring (bicyclic) bond motifs is 1. The maximum absolute atomic E-state index is 12.0. The molecule has 2 aliphatic heterocycles. The van der Waals surface area contributed by atoms with Crippen molar-refractivity contribution in [2.45, 2.75) is 0 Å². The Morgan fingerprint density at radius 2 is 2.06 bits per heavy atom. The number of nitrogens with one attached hydrogen (secondary N) is 1. The minimum absolute atomic E-state index is 0. The van der Waals surface area contributed by atoms with Crippen molar-refractivity contribution in [2.75, 3.05) is 26.2 Å². The first-order valence-corrected chi connectivity index (χ1v) is 5.38. The van der Waals surface area contributed by atoms with Crippen molar-refractivity contribution in [3.8, 4) is 0 Å². The van der Waals surface area contributed by atoms with Gasteiger partial charge in [-0.15, -0.1) is 12.4 Å². The molecule has 2 fully saturated rings. The van der Waals surface area contributed by atoms with Crippen molar-refractivity contribution in [2.24, 2.45) is 11.8 Å². The first-order valence-electron chi connectivity index (χ1n) is 5.38. The van der Waals surface area contributed by atoms with Crippen LogP contribution in [0.4, 0.5) is 0 Å². The molecule has 1 N–H and O–H groups in total. The van der Waals surface area contributed by atoms with Gasteiger partial charge in [-0.2, -0.15) is 0 Å². The first kappa shape index (κ1) is 11.5. The van der Waals surface area contributed by atoms with E-state index in [1.807, 2.05) is 4.90 Å². The molecule has 4 nitrogen and oxygen atoms in total. The molecule has 2 aliphatic rings. The Kier molecular flexibility index (Phi) is 3.21. The van der Waals surface area contributed by atoms with Gasteiger partial charge in [-0.1, -0.05) is 0 Å². The molecule has 0 unspecified atom stereocenters. The fraction of sp³-hybridized carbons (Fsp3) is 0.545. The van der Waals surface area contributed by atoms with Gasteiger partial charge in [-0.25, -0.2) is 0 Å². The quantitative estimate of drug-likeness (QED) is 0.799. The molecule has 3 rings (SSSR count). The second kappa shape index (κ2) is 4.47. The zero-order chi connectivity index (χ0) is 10.3. The third-order valence-corrected chi connectivity index (χ3v) is 3.41. The molecule has 0 bridgehead atoms. The lowest BCUT2D eigenvalue weighted by Gasteiger charge is -2.15. The molecule has 0 spiro atoms. The molecular weight excluding hydrogens is 228 g/mol. The second-order valence-corrected chi connectivity index (χ2v) is 4.37. The molecule has 3 heterocycles. The Bertz CT molecular complexity index is 354. The van der Waals surface area contributed by atoms with Gasteiger partial charge in [0.25, 0.3) is 5.91 Å². The van der Waals surface area contributed by atoms with Crippen LogP contribution in [0.1, 0.15) is 10.6 Å². The molecule has 5 heteroatoms. The highest BCUT2D eigenvalue weighted by Gasteiger charge is 2.38. The van der Waals surface area contributed by atoms with E-state index in [0.717, 1.165) is 26.2 Å². The molecule has 0 aromatic carbocycles. The average Bonchev–Trinajstić information content (AvgIpc) is 2.92.